The highest BCUT2D eigenvalue weighted by Crippen LogP contribution is 2.29. The lowest BCUT2D eigenvalue weighted by Gasteiger charge is -2.15. The molecule has 1 atom stereocenters. The summed E-state index contributed by atoms with van der Waals surface area (Å²) in [6, 6.07) is 10.5. The van der Waals surface area contributed by atoms with E-state index in [0.29, 0.717) is 17.1 Å². The minimum Gasteiger partial charge on any atom is -0.493 e. The standard InChI is InChI=1S/C17H18N2O6/c1-24-15-8-7-11(9-16(15)25-2)14(20)10-18-17(21)12-5-3-4-6-13(12)19(22)23/h3-9,14,20H,10H2,1-2H3,(H,18,21). The van der Waals surface area contributed by atoms with Gasteiger partial charge in [-0.05, 0) is 23.8 Å². The van der Waals surface area contributed by atoms with E-state index in [1.807, 2.05) is 0 Å². The molecule has 0 bridgehead atoms. The molecule has 0 radical (unpaired) electrons. The summed E-state index contributed by atoms with van der Waals surface area (Å²) in [5, 5.41) is 23.7. The molecular formula is C17H18N2O6. The number of carbonyl (C=O) groups excluding carboxylic acids is 1. The summed E-state index contributed by atoms with van der Waals surface area (Å²) in [6.07, 6.45) is -1.01. The topological polar surface area (TPSA) is 111 Å². The highest BCUT2D eigenvalue weighted by atomic mass is 16.6. The monoisotopic (exact) mass is 346 g/mol. The molecule has 2 aromatic rings. The number of benzene rings is 2. The van der Waals surface area contributed by atoms with E-state index in [1.54, 1.807) is 18.2 Å². The van der Waals surface area contributed by atoms with Gasteiger partial charge in [-0.1, -0.05) is 18.2 Å². The summed E-state index contributed by atoms with van der Waals surface area (Å²) >= 11 is 0. The molecule has 0 saturated carbocycles. The lowest BCUT2D eigenvalue weighted by atomic mass is 10.1. The Hall–Kier alpha value is -3.13. The Bertz CT molecular complexity index is 777. The minimum absolute atomic E-state index is 0.0630. The van der Waals surface area contributed by atoms with Crippen LogP contribution in [-0.4, -0.2) is 36.7 Å². The van der Waals surface area contributed by atoms with Gasteiger partial charge in [-0.15, -0.1) is 0 Å². The number of methoxy groups -OCH3 is 2. The highest BCUT2D eigenvalue weighted by molar-refractivity contribution is 5.98. The van der Waals surface area contributed by atoms with Gasteiger partial charge in [0.1, 0.15) is 5.56 Å². The molecule has 0 aliphatic carbocycles. The van der Waals surface area contributed by atoms with E-state index in [4.69, 9.17) is 9.47 Å². The van der Waals surface area contributed by atoms with Crippen LogP contribution in [-0.2, 0) is 0 Å². The van der Waals surface area contributed by atoms with Crippen LogP contribution in [0.5, 0.6) is 11.5 Å². The van der Waals surface area contributed by atoms with Gasteiger partial charge in [0.2, 0.25) is 0 Å². The second-order valence-corrected chi connectivity index (χ2v) is 5.11. The van der Waals surface area contributed by atoms with Crippen molar-refractivity contribution in [1.82, 2.24) is 5.32 Å². The van der Waals surface area contributed by atoms with Gasteiger partial charge in [0.25, 0.3) is 11.6 Å². The summed E-state index contributed by atoms with van der Waals surface area (Å²) in [7, 11) is 2.98. The average Bonchev–Trinajstić information content (AvgIpc) is 2.65. The van der Waals surface area contributed by atoms with E-state index < -0.39 is 16.9 Å². The molecule has 0 saturated heterocycles. The van der Waals surface area contributed by atoms with Gasteiger partial charge in [-0.25, -0.2) is 0 Å². The number of aliphatic hydroxyl groups excluding tert-OH is 1. The number of para-hydroxylation sites is 1. The van der Waals surface area contributed by atoms with Crippen molar-refractivity contribution in [2.45, 2.75) is 6.10 Å². The Morgan fingerprint density at radius 2 is 1.88 bits per heavy atom. The molecule has 0 heterocycles. The van der Waals surface area contributed by atoms with Crippen LogP contribution in [0, 0.1) is 10.1 Å². The first-order valence-electron chi connectivity index (χ1n) is 7.39. The number of hydrogen-bond acceptors (Lipinski definition) is 6. The van der Waals surface area contributed by atoms with Crippen LogP contribution in [0.2, 0.25) is 0 Å². The molecule has 8 heteroatoms. The van der Waals surface area contributed by atoms with Gasteiger partial charge in [-0.2, -0.15) is 0 Å². The quantitative estimate of drug-likeness (QED) is 0.586. The number of nitro groups is 1. The van der Waals surface area contributed by atoms with Gasteiger partial charge in [0, 0.05) is 12.6 Å². The predicted octanol–water partition coefficient (Wildman–Crippen LogP) is 2.08. The predicted molar refractivity (Wildman–Crippen MR) is 89.9 cm³/mol. The van der Waals surface area contributed by atoms with Gasteiger partial charge in [0.15, 0.2) is 11.5 Å². The van der Waals surface area contributed by atoms with Crippen LogP contribution in [0.1, 0.15) is 22.0 Å². The minimum atomic E-state index is -1.01. The first-order chi connectivity index (χ1) is 12.0. The fraction of sp³-hybridized carbons (Fsp3) is 0.235. The van der Waals surface area contributed by atoms with Crippen molar-refractivity contribution < 1.29 is 24.3 Å². The smallest absolute Gasteiger partial charge is 0.282 e. The van der Waals surface area contributed by atoms with E-state index in [2.05, 4.69) is 5.32 Å². The lowest BCUT2D eigenvalue weighted by Crippen LogP contribution is -2.28. The molecule has 0 aliphatic rings. The zero-order valence-electron chi connectivity index (χ0n) is 13.8. The normalized spacial score (nSPS) is 11.5. The summed E-state index contributed by atoms with van der Waals surface area (Å²) in [5.74, 6) is 0.332. The Kier molecular flexibility index (Phi) is 5.91. The number of nitrogens with one attached hydrogen (secondary N) is 1. The Morgan fingerprint density at radius 3 is 2.52 bits per heavy atom. The maximum Gasteiger partial charge on any atom is 0.282 e. The van der Waals surface area contributed by atoms with Gasteiger partial charge in [0.05, 0.1) is 25.2 Å². The maximum absolute atomic E-state index is 12.2. The van der Waals surface area contributed by atoms with Crippen LogP contribution >= 0.6 is 0 Å². The van der Waals surface area contributed by atoms with Crippen LogP contribution in [0.25, 0.3) is 0 Å². The molecule has 0 fully saturated rings. The molecule has 25 heavy (non-hydrogen) atoms. The van der Waals surface area contributed by atoms with E-state index >= 15 is 0 Å². The molecule has 132 valence electrons. The van der Waals surface area contributed by atoms with Crippen LogP contribution in [0.15, 0.2) is 42.5 Å². The number of ether oxygens (including phenoxy) is 2. The van der Waals surface area contributed by atoms with Crippen molar-refractivity contribution in [3.8, 4) is 11.5 Å². The van der Waals surface area contributed by atoms with Gasteiger partial charge < -0.3 is 19.9 Å². The molecule has 8 nitrogen and oxygen atoms in total. The van der Waals surface area contributed by atoms with Gasteiger partial charge >= 0.3 is 0 Å². The second kappa shape index (κ2) is 8.11. The zero-order chi connectivity index (χ0) is 18.4. The number of carbonyl (C=O) groups is 1. The number of rotatable bonds is 7. The fourth-order valence-electron chi connectivity index (χ4n) is 2.29. The number of hydrogen-bond donors (Lipinski definition) is 2. The molecule has 0 aliphatic heterocycles. The Balaban J connectivity index is 2.08. The summed E-state index contributed by atoms with van der Waals surface area (Å²) in [6.45, 7) is -0.111. The molecule has 2 rings (SSSR count). The van der Waals surface area contributed by atoms with Gasteiger partial charge in [-0.3, -0.25) is 14.9 Å². The number of amides is 1. The first-order valence-corrected chi connectivity index (χ1v) is 7.39. The van der Waals surface area contributed by atoms with E-state index in [-0.39, 0.29) is 17.8 Å². The molecule has 1 amide bonds. The van der Waals surface area contributed by atoms with E-state index in [1.165, 1.54) is 38.5 Å². The Labute approximate surface area is 144 Å². The van der Waals surface area contributed by atoms with Crippen molar-refractivity contribution in [2.24, 2.45) is 0 Å². The number of nitrogens with zero attached hydrogens (tertiary/aromatic N) is 1. The molecule has 0 spiro atoms. The summed E-state index contributed by atoms with van der Waals surface area (Å²) < 4.78 is 10.3. The number of nitro benzene ring substituents is 1. The maximum atomic E-state index is 12.2. The number of aliphatic hydroxyl groups is 1. The van der Waals surface area contributed by atoms with Crippen molar-refractivity contribution >= 4 is 11.6 Å². The van der Waals surface area contributed by atoms with Crippen LogP contribution < -0.4 is 14.8 Å². The van der Waals surface area contributed by atoms with E-state index in [0.717, 1.165) is 0 Å². The molecule has 2 N–H and O–H groups in total. The summed E-state index contributed by atoms with van der Waals surface area (Å²) in [5.41, 5.74) is 0.160. The SMILES string of the molecule is COc1ccc(C(O)CNC(=O)c2ccccc2[N+](=O)[O-])cc1OC. The third-order valence-electron chi connectivity index (χ3n) is 3.59. The fourth-order valence-corrected chi connectivity index (χ4v) is 2.29. The average molecular weight is 346 g/mol. The molecular weight excluding hydrogens is 328 g/mol. The van der Waals surface area contributed by atoms with Crippen molar-refractivity contribution in [1.29, 1.82) is 0 Å². The van der Waals surface area contributed by atoms with Crippen molar-refractivity contribution in [3.63, 3.8) is 0 Å². The van der Waals surface area contributed by atoms with Crippen molar-refractivity contribution in [2.75, 3.05) is 20.8 Å². The third-order valence-corrected chi connectivity index (χ3v) is 3.59. The molecule has 0 aromatic heterocycles. The zero-order valence-corrected chi connectivity index (χ0v) is 13.8. The molecule has 1 unspecified atom stereocenters. The van der Waals surface area contributed by atoms with Crippen LogP contribution in [0.4, 0.5) is 5.69 Å². The largest absolute Gasteiger partial charge is 0.493 e. The Morgan fingerprint density at radius 1 is 1.20 bits per heavy atom. The second-order valence-electron chi connectivity index (χ2n) is 5.11. The lowest BCUT2D eigenvalue weighted by molar-refractivity contribution is -0.385. The van der Waals surface area contributed by atoms with Crippen LogP contribution in [0.3, 0.4) is 0 Å². The van der Waals surface area contributed by atoms with Crippen molar-refractivity contribution in [3.05, 3.63) is 63.7 Å². The molecule has 2 aromatic carbocycles. The highest BCUT2D eigenvalue weighted by Gasteiger charge is 2.20. The van der Waals surface area contributed by atoms with E-state index in [9.17, 15) is 20.0 Å². The third kappa shape index (κ3) is 4.24. The summed E-state index contributed by atoms with van der Waals surface area (Å²) in [4.78, 5) is 22.5. The first kappa shape index (κ1) is 18.2.